The SMILES string of the molecule is Cc1ccc(-c2nnc3n2CCCCC3)cc1NC(=O)c1ccccc1C. The highest BCUT2D eigenvalue weighted by atomic mass is 16.1. The third kappa shape index (κ3) is 3.50. The minimum Gasteiger partial charge on any atom is -0.322 e. The molecule has 4 rings (SSSR count). The Kier molecular flexibility index (Phi) is 4.75. The van der Waals surface area contributed by atoms with Crippen LogP contribution >= 0.6 is 0 Å². The Balaban J connectivity index is 1.66. The van der Waals surface area contributed by atoms with Gasteiger partial charge in [-0.3, -0.25) is 4.79 Å². The Morgan fingerprint density at radius 3 is 2.70 bits per heavy atom. The van der Waals surface area contributed by atoms with Crippen LogP contribution in [0.3, 0.4) is 0 Å². The van der Waals surface area contributed by atoms with Gasteiger partial charge in [0.1, 0.15) is 5.82 Å². The summed E-state index contributed by atoms with van der Waals surface area (Å²) in [6.45, 7) is 4.90. The lowest BCUT2D eigenvalue weighted by Crippen LogP contribution is -2.14. The zero-order valence-corrected chi connectivity index (χ0v) is 15.8. The van der Waals surface area contributed by atoms with Crippen LogP contribution in [0.2, 0.25) is 0 Å². The quantitative estimate of drug-likeness (QED) is 0.746. The van der Waals surface area contributed by atoms with E-state index in [1.165, 1.54) is 12.8 Å². The first-order valence-electron chi connectivity index (χ1n) is 9.53. The number of rotatable bonds is 3. The maximum atomic E-state index is 12.7. The molecule has 0 atom stereocenters. The summed E-state index contributed by atoms with van der Waals surface area (Å²) in [6, 6.07) is 13.7. The molecule has 1 aromatic heterocycles. The van der Waals surface area contributed by atoms with E-state index in [9.17, 15) is 4.79 Å². The summed E-state index contributed by atoms with van der Waals surface area (Å²) in [5.74, 6) is 1.86. The maximum absolute atomic E-state index is 12.7. The molecular weight excluding hydrogens is 336 g/mol. The molecule has 5 nitrogen and oxygen atoms in total. The zero-order chi connectivity index (χ0) is 18.8. The molecule has 5 heteroatoms. The van der Waals surface area contributed by atoms with Crippen molar-refractivity contribution in [1.29, 1.82) is 0 Å². The fraction of sp³-hybridized carbons (Fsp3) is 0.318. The summed E-state index contributed by atoms with van der Waals surface area (Å²) >= 11 is 0. The number of carbonyl (C=O) groups excluding carboxylic acids is 1. The lowest BCUT2D eigenvalue weighted by atomic mass is 10.1. The topological polar surface area (TPSA) is 59.8 Å². The van der Waals surface area contributed by atoms with Crippen LogP contribution in [0.1, 0.15) is 46.6 Å². The summed E-state index contributed by atoms with van der Waals surface area (Å²) in [6.07, 6.45) is 4.54. The normalized spacial score (nSPS) is 13.7. The number of fused-ring (bicyclic) bond motifs is 1. The fourth-order valence-electron chi connectivity index (χ4n) is 3.61. The molecule has 0 unspecified atom stereocenters. The Labute approximate surface area is 159 Å². The Morgan fingerprint density at radius 1 is 1.00 bits per heavy atom. The van der Waals surface area contributed by atoms with Crippen LogP contribution < -0.4 is 5.32 Å². The molecule has 0 bridgehead atoms. The highest BCUT2D eigenvalue weighted by Crippen LogP contribution is 2.27. The second-order valence-corrected chi connectivity index (χ2v) is 7.20. The van der Waals surface area contributed by atoms with Crippen LogP contribution in [0.15, 0.2) is 42.5 Å². The Morgan fingerprint density at radius 2 is 1.85 bits per heavy atom. The summed E-state index contributed by atoms with van der Waals surface area (Å²) in [5, 5.41) is 11.9. The first-order chi connectivity index (χ1) is 13.1. The first-order valence-corrected chi connectivity index (χ1v) is 9.53. The van der Waals surface area contributed by atoms with Gasteiger partial charge in [0, 0.05) is 29.8 Å². The molecule has 3 aromatic rings. The molecule has 0 radical (unpaired) electrons. The minimum atomic E-state index is -0.0894. The van der Waals surface area contributed by atoms with Crippen molar-refractivity contribution in [3.05, 3.63) is 65.0 Å². The van der Waals surface area contributed by atoms with Crippen molar-refractivity contribution in [3.8, 4) is 11.4 Å². The largest absolute Gasteiger partial charge is 0.322 e. The zero-order valence-electron chi connectivity index (χ0n) is 15.8. The van der Waals surface area contributed by atoms with Crippen molar-refractivity contribution in [2.24, 2.45) is 0 Å². The van der Waals surface area contributed by atoms with Gasteiger partial charge in [-0.15, -0.1) is 10.2 Å². The molecule has 2 aromatic carbocycles. The van der Waals surface area contributed by atoms with Crippen LogP contribution in [0, 0.1) is 13.8 Å². The van der Waals surface area contributed by atoms with Gasteiger partial charge in [0.2, 0.25) is 0 Å². The lowest BCUT2D eigenvalue weighted by molar-refractivity contribution is 0.102. The van der Waals surface area contributed by atoms with Gasteiger partial charge in [-0.25, -0.2) is 0 Å². The third-order valence-corrected chi connectivity index (χ3v) is 5.24. The van der Waals surface area contributed by atoms with Crippen molar-refractivity contribution >= 4 is 11.6 Å². The van der Waals surface area contributed by atoms with Gasteiger partial charge in [-0.2, -0.15) is 0 Å². The molecule has 2 heterocycles. The fourth-order valence-corrected chi connectivity index (χ4v) is 3.61. The number of amides is 1. The highest BCUT2D eigenvalue weighted by molar-refractivity contribution is 6.05. The lowest BCUT2D eigenvalue weighted by Gasteiger charge is -2.13. The number of benzene rings is 2. The number of carbonyl (C=O) groups is 1. The average Bonchev–Trinajstić information content (AvgIpc) is 2.92. The van der Waals surface area contributed by atoms with Gasteiger partial charge in [0.05, 0.1) is 0 Å². The Hall–Kier alpha value is -2.95. The van der Waals surface area contributed by atoms with E-state index in [0.717, 1.165) is 53.4 Å². The van der Waals surface area contributed by atoms with E-state index >= 15 is 0 Å². The number of aromatic nitrogens is 3. The molecule has 0 aliphatic carbocycles. The molecular formula is C22H24N4O. The van der Waals surface area contributed by atoms with E-state index in [1.807, 2.05) is 50.2 Å². The number of nitrogens with zero attached hydrogens (tertiary/aromatic N) is 3. The second-order valence-electron chi connectivity index (χ2n) is 7.20. The molecule has 0 saturated carbocycles. The van der Waals surface area contributed by atoms with Gasteiger partial charge >= 0.3 is 0 Å². The molecule has 1 aliphatic rings. The standard InChI is InChI=1S/C22H24N4O/c1-15-8-5-6-9-18(15)22(27)23-19-14-17(12-11-16(19)2)21-25-24-20-10-4-3-7-13-26(20)21/h5-6,8-9,11-12,14H,3-4,7,10,13H2,1-2H3,(H,23,27). The first kappa shape index (κ1) is 17.5. The van der Waals surface area contributed by atoms with Crippen molar-refractivity contribution in [2.45, 2.75) is 46.1 Å². The van der Waals surface area contributed by atoms with Crippen LogP contribution in [0.25, 0.3) is 11.4 Å². The summed E-state index contributed by atoms with van der Waals surface area (Å²) in [5.41, 5.74) is 4.48. The predicted octanol–water partition coefficient (Wildman–Crippen LogP) is 4.54. The van der Waals surface area contributed by atoms with Gasteiger partial charge < -0.3 is 9.88 Å². The predicted molar refractivity (Wildman–Crippen MR) is 107 cm³/mol. The number of nitrogens with one attached hydrogen (secondary N) is 1. The molecule has 0 saturated heterocycles. The van der Waals surface area contributed by atoms with Crippen molar-refractivity contribution in [3.63, 3.8) is 0 Å². The second kappa shape index (κ2) is 7.35. The number of hydrogen-bond donors (Lipinski definition) is 1. The van der Waals surface area contributed by atoms with E-state index in [1.54, 1.807) is 0 Å². The highest BCUT2D eigenvalue weighted by Gasteiger charge is 2.17. The Bertz CT molecular complexity index is 990. The summed E-state index contributed by atoms with van der Waals surface area (Å²) in [7, 11) is 0. The van der Waals surface area contributed by atoms with Crippen molar-refractivity contribution in [1.82, 2.24) is 14.8 Å². The minimum absolute atomic E-state index is 0.0894. The molecule has 0 spiro atoms. The van der Waals surface area contributed by atoms with E-state index in [4.69, 9.17) is 0 Å². The van der Waals surface area contributed by atoms with Gasteiger partial charge in [0.25, 0.3) is 5.91 Å². The molecule has 1 amide bonds. The average molecular weight is 360 g/mol. The summed E-state index contributed by atoms with van der Waals surface area (Å²) < 4.78 is 2.23. The van der Waals surface area contributed by atoms with Crippen LogP contribution in [0.4, 0.5) is 5.69 Å². The summed E-state index contributed by atoms with van der Waals surface area (Å²) in [4.78, 5) is 12.7. The van der Waals surface area contributed by atoms with E-state index in [0.29, 0.717) is 5.56 Å². The van der Waals surface area contributed by atoms with E-state index in [2.05, 4.69) is 26.1 Å². The van der Waals surface area contributed by atoms with Gasteiger partial charge in [0.15, 0.2) is 5.82 Å². The number of hydrogen-bond acceptors (Lipinski definition) is 3. The monoisotopic (exact) mass is 360 g/mol. The number of aryl methyl sites for hydroxylation is 3. The van der Waals surface area contributed by atoms with Gasteiger partial charge in [-0.1, -0.05) is 36.8 Å². The molecule has 1 N–H and O–H groups in total. The van der Waals surface area contributed by atoms with Gasteiger partial charge in [-0.05, 0) is 49.9 Å². The van der Waals surface area contributed by atoms with Crippen LogP contribution in [0.5, 0.6) is 0 Å². The van der Waals surface area contributed by atoms with E-state index in [-0.39, 0.29) is 5.91 Å². The third-order valence-electron chi connectivity index (χ3n) is 5.24. The van der Waals surface area contributed by atoms with Crippen LogP contribution in [-0.2, 0) is 13.0 Å². The molecule has 27 heavy (non-hydrogen) atoms. The molecule has 138 valence electrons. The smallest absolute Gasteiger partial charge is 0.255 e. The van der Waals surface area contributed by atoms with Crippen molar-refractivity contribution in [2.75, 3.05) is 5.32 Å². The van der Waals surface area contributed by atoms with Crippen molar-refractivity contribution < 1.29 is 4.79 Å². The maximum Gasteiger partial charge on any atom is 0.255 e. The molecule has 0 fully saturated rings. The number of anilines is 1. The van der Waals surface area contributed by atoms with Crippen LogP contribution in [-0.4, -0.2) is 20.7 Å². The molecule has 1 aliphatic heterocycles. The van der Waals surface area contributed by atoms with E-state index < -0.39 is 0 Å².